The molecular weight excluding hydrogens is 881 g/mol. The highest BCUT2D eigenvalue weighted by atomic mass is 16.6. The van der Waals surface area contributed by atoms with Crippen LogP contribution < -0.4 is 31.9 Å². The number of likely N-dealkylation sites (tertiary alicyclic amines) is 2. The topological polar surface area (TPSA) is 176 Å². The lowest BCUT2D eigenvalue weighted by atomic mass is 9.89. The van der Waals surface area contributed by atoms with Gasteiger partial charge in [-0.3, -0.25) is 14.6 Å². The third-order valence-corrected chi connectivity index (χ3v) is 12.7. The van der Waals surface area contributed by atoms with Crippen LogP contribution in [0.15, 0.2) is 97.1 Å². The summed E-state index contributed by atoms with van der Waals surface area (Å²) in [5.41, 5.74) is 20.1. The summed E-state index contributed by atoms with van der Waals surface area (Å²) in [7, 11) is 5.76. The number of carbonyl (C=O) groups excluding carboxylic acids is 4. The molecule has 0 bridgehead atoms. The SMILES string of the molecule is CC(C)(C)OC(=O)N1CCCC1C=O.CC(C)(C)OC=O.CN1CCC[C@H]1C=O.CNc1ccc(C2CCCN2c2ccc(N3CCC(c4ccccc4)CC3)cc2)cc1N.CNc1ccccc1N. The molecule has 14 heteroatoms. The summed E-state index contributed by atoms with van der Waals surface area (Å²) in [6.45, 7) is 16.4. The Morgan fingerprint density at radius 1 is 0.614 bits per heavy atom. The minimum atomic E-state index is -0.493. The van der Waals surface area contributed by atoms with E-state index in [1.807, 2.05) is 87.0 Å². The van der Waals surface area contributed by atoms with E-state index in [4.69, 9.17) is 16.2 Å². The third-order valence-electron chi connectivity index (χ3n) is 12.7. The molecule has 4 aliphatic heterocycles. The Morgan fingerprint density at radius 2 is 1.19 bits per heavy atom. The monoisotopic (exact) mass is 963 g/mol. The number of anilines is 6. The molecule has 0 radical (unpaired) electrons. The molecular formula is C56H82N8O6. The number of carbonyl (C=O) groups is 4. The first-order valence-corrected chi connectivity index (χ1v) is 24.9. The third kappa shape index (κ3) is 17.9. The Morgan fingerprint density at radius 3 is 1.69 bits per heavy atom. The molecule has 0 aliphatic carbocycles. The largest absolute Gasteiger partial charge is 0.462 e. The zero-order chi connectivity index (χ0) is 51.3. The van der Waals surface area contributed by atoms with Gasteiger partial charge in [-0.2, -0.15) is 0 Å². The van der Waals surface area contributed by atoms with Crippen molar-refractivity contribution in [2.45, 2.75) is 128 Å². The Kier molecular flexibility index (Phi) is 22.4. The van der Waals surface area contributed by atoms with E-state index in [9.17, 15) is 19.2 Å². The first kappa shape index (κ1) is 56.3. The van der Waals surface area contributed by atoms with E-state index in [0.29, 0.717) is 25.0 Å². The number of rotatable bonds is 9. The van der Waals surface area contributed by atoms with Gasteiger partial charge in [0.05, 0.1) is 40.9 Å². The van der Waals surface area contributed by atoms with E-state index in [1.54, 1.807) is 0 Å². The van der Waals surface area contributed by atoms with Crippen LogP contribution >= 0.6 is 0 Å². The summed E-state index contributed by atoms with van der Waals surface area (Å²) < 4.78 is 9.73. The second-order valence-electron chi connectivity index (χ2n) is 20.1. The Labute approximate surface area is 418 Å². The van der Waals surface area contributed by atoms with Gasteiger partial charge in [0, 0.05) is 51.6 Å². The fraction of sp³-hybridized carbons (Fsp3) is 0.500. The van der Waals surface area contributed by atoms with Crippen LogP contribution in [0.1, 0.15) is 116 Å². The number of para-hydroxylation sites is 2. The Balaban J connectivity index is 0.000000229. The van der Waals surface area contributed by atoms with Gasteiger partial charge in [-0.05, 0) is 172 Å². The highest BCUT2D eigenvalue weighted by Gasteiger charge is 2.32. The number of aldehydes is 2. The number of likely N-dealkylation sites (N-methyl/N-ethyl adjacent to an activating group) is 1. The van der Waals surface area contributed by atoms with Crippen molar-refractivity contribution < 1.29 is 28.7 Å². The molecule has 6 N–H and O–H groups in total. The van der Waals surface area contributed by atoms with Crippen molar-refractivity contribution in [2.24, 2.45) is 0 Å². The van der Waals surface area contributed by atoms with Crippen molar-refractivity contribution in [1.82, 2.24) is 9.80 Å². The molecule has 4 aromatic rings. The maximum absolute atomic E-state index is 11.6. The molecule has 4 aromatic carbocycles. The van der Waals surface area contributed by atoms with E-state index >= 15 is 0 Å². The number of nitrogen functional groups attached to an aromatic ring is 2. The average molecular weight is 963 g/mol. The highest BCUT2D eigenvalue weighted by molar-refractivity contribution is 5.74. The van der Waals surface area contributed by atoms with E-state index in [2.05, 4.69) is 103 Å². The first-order valence-electron chi connectivity index (χ1n) is 24.9. The molecule has 8 rings (SSSR count). The van der Waals surface area contributed by atoms with Gasteiger partial charge in [-0.25, -0.2) is 4.79 Å². The lowest BCUT2D eigenvalue weighted by molar-refractivity contribution is -0.138. The van der Waals surface area contributed by atoms with Gasteiger partial charge in [-0.15, -0.1) is 0 Å². The standard InChI is InChI=1S/C28H34N4.C10H17NO3.C7H10N2.C6H11NO.C5H10O2/c1-30-27-14-9-23(20-26(27)29)28-8-5-17-32(28)25-12-10-24(11-13-25)31-18-15-22(16-19-31)21-6-3-2-4-7-21;1-10(2,3)14-9(13)11-6-4-5-8(11)7-12;1-9-7-5-3-2-4-6(7)8;1-7-4-2-3-6(7)5-8;1-5(2,3)7-4-6/h2-4,6-7,9-14,20,22,28,30H,5,8,15-19,29H2,1H3;7-8H,4-6H2,1-3H3;2-5,9H,8H2,1H3;5-6H,2-4H2,1H3;4H,1-3H3/t;;;6-;/m...0./s1. The summed E-state index contributed by atoms with van der Waals surface area (Å²) in [5, 5.41) is 6.13. The maximum atomic E-state index is 11.6. The molecule has 0 aromatic heterocycles. The normalized spacial score (nSPS) is 19.0. The molecule has 0 spiro atoms. The molecule has 0 saturated carbocycles. The number of hydrogen-bond donors (Lipinski definition) is 4. The molecule has 4 aliphatic rings. The molecule has 382 valence electrons. The van der Waals surface area contributed by atoms with Gasteiger partial charge in [0.15, 0.2) is 0 Å². The van der Waals surface area contributed by atoms with Crippen molar-refractivity contribution in [3.8, 4) is 0 Å². The van der Waals surface area contributed by atoms with Crippen LogP contribution in [0.2, 0.25) is 0 Å². The maximum Gasteiger partial charge on any atom is 0.410 e. The van der Waals surface area contributed by atoms with E-state index in [1.165, 1.54) is 59.5 Å². The van der Waals surface area contributed by atoms with Gasteiger partial charge < -0.3 is 51.0 Å². The quantitative estimate of drug-likeness (QED) is 0.0922. The summed E-state index contributed by atoms with van der Waals surface area (Å²) >= 11 is 0. The molecule has 4 heterocycles. The summed E-state index contributed by atoms with van der Waals surface area (Å²) in [6.07, 6.45) is 10.2. The number of ether oxygens (including phenoxy) is 2. The van der Waals surface area contributed by atoms with Gasteiger partial charge in [0.1, 0.15) is 23.8 Å². The predicted molar refractivity (Wildman–Crippen MR) is 288 cm³/mol. The van der Waals surface area contributed by atoms with Crippen LogP contribution in [0.4, 0.5) is 38.9 Å². The van der Waals surface area contributed by atoms with E-state index in [0.717, 1.165) is 80.8 Å². The van der Waals surface area contributed by atoms with E-state index in [-0.39, 0.29) is 23.8 Å². The van der Waals surface area contributed by atoms with Gasteiger partial charge in [0.25, 0.3) is 6.47 Å². The van der Waals surface area contributed by atoms with Crippen LogP contribution in [0, 0.1) is 0 Å². The lowest BCUT2D eigenvalue weighted by Crippen LogP contribution is -2.40. The van der Waals surface area contributed by atoms with Crippen molar-refractivity contribution >= 4 is 59.3 Å². The van der Waals surface area contributed by atoms with Crippen molar-refractivity contribution in [2.75, 3.05) is 85.8 Å². The molecule has 14 nitrogen and oxygen atoms in total. The number of hydrogen-bond acceptors (Lipinski definition) is 13. The number of amides is 1. The Hall–Kier alpha value is -6.28. The van der Waals surface area contributed by atoms with Gasteiger partial charge in [0.2, 0.25) is 0 Å². The number of nitrogens with one attached hydrogen (secondary N) is 2. The fourth-order valence-corrected chi connectivity index (χ4v) is 8.95. The number of nitrogens with two attached hydrogens (primary N) is 2. The molecule has 70 heavy (non-hydrogen) atoms. The van der Waals surface area contributed by atoms with Crippen LogP contribution in [0.25, 0.3) is 0 Å². The second-order valence-corrected chi connectivity index (χ2v) is 20.1. The van der Waals surface area contributed by atoms with Crippen molar-refractivity contribution in [3.63, 3.8) is 0 Å². The first-order chi connectivity index (χ1) is 33.4. The average Bonchev–Trinajstić information content (AvgIpc) is 4.14. The van der Waals surface area contributed by atoms with E-state index < -0.39 is 5.60 Å². The summed E-state index contributed by atoms with van der Waals surface area (Å²) in [6, 6.07) is 34.7. The van der Waals surface area contributed by atoms with Crippen LogP contribution in [-0.4, -0.2) is 112 Å². The Bertz CT molecular complexity index is 2190. The molecule has 4 saturated heterocycles. The molecule has 1 amide bonds. The fourth-order valence-electron chi connectivity index (χ4n) is 8.95. The summed E-state index contributed by atoms with van der Waals surface area (Å²) in [5.74, 6) is 0.693. The van der Waals surface area contributed by atoms with Gasteiger partial charge in [-0.1, -0.05) is 48.5 Å². The molecule has 3 atom stereocenters. The smallest absolute Gasteiger partial charge is 0.410 e. The second kappa shape index (κ2) is 27.8. The zero-order valence-corrected chi connectivity index (χ0v) is 43.4. The van der Waals surface area contributed by atoms with Gasteiger partial charge >= 0.3 is 6.09 Å². The van der Waals surface area contributed by atoms with Crippen molar-refractivity contribution in [1.29, 1.82) is 0 Å². The van der Waals surface area contributed by atoms with Crippen molar-refractivity contribution in [3.05, 3.63) is 108 Å². The number of benzene rings is 4. The lowest BCUT2D eigenvalue weighted by Gasteiger charge is -2.34. The summed E-state index contributed by atoms with van der Waals surface area (Å²) in [4.78, 5) is 50.7. The minimum absolute atomic E-state index is 0.218. The van der Waals surface area contributed by atoms with Crippen LogP contribution in [-0.2, 0) is 23.9 Å². The molecule has 2 unspecified atom stereocenters. The van der Waals surface area contributed by atoms with Crippen LogP contribution in [0.5, 0.6) is 0 Å². The predicted octanol–water partition coefficient (Wildman–Crippen LogP) is 10.2. The molecule has 4 fully saturated rings. The van der Waals surface area contributed by atoms with Crippen LogP contribution in [0.3, 0.4) is 0 Å². The zero-order valence-electron chi connectivity index (χ0n) is 43.4. The minimum Gasteiger partial charge on any atom is -0.462 e. The highest BCUT2D eigenvalue weighted by Crippen LogP contribution is 2.39. The number of nitrogens with zero attached hydrogens (tertiary/aromatic N) is 4. The number of piperidine rings is 1.